The van der Waals surface area contributed by atoms with E-state index in [1.54, 1.807) is 24.2 Å². The van der Waals surface area contributed by atoms with E-state index in [1.165, 1.54) is 0 Å². The molecular formula is C15H19NO3. The second kappa shape index (κ2) is 6.38. The van der Waals surface area contributed by atoms with E-state index < -0.39 is 0 Å². The van der Waals surface area contributed by atoms with Crippen molar-refractivity contribution in [3.63, 3.8) is 0 Å². The van der Waals surface area contributed by atoms with Gasteiger partial charge in [0.15, 0.2) is 0 Å². The molecule has 4 heteroatoms. The van der Waals surface area contributed by atoms with Gasteiger partial charge >= 0.3 is 0 Å². The zero-order chi connectivity index (χ0) is 13.7. The van der Waals surface area contributed by atoms with Gasteiger partial charge in [-0.3, -0.25) is 4.79 Å². The first-order valence-corrected chi connectivity index (χ1v) is 6.48. The molecule has 1 amide bonds. The molecule has 1 saturated heterocycles. The zero-order valence-electron chi connectivity index (χ0n) is 11.1. The average molecular weight is 261 g/mol. The molecule has 1 aromatic rings. The first kappa shape index (κ1) is 13.6. The van der Waals surface area contributed by atoms with Crippen molar-refractivity contribution in [3.05, 3.63) is 35.9 Å². The number of likely N-dealkylation sites (tertiary alicyclic amines) is 1. The van der Waals surface area contributed by atoms with Gasteiger partial charge in [0.25, 0.3) is 0 Å². The van der Waals surface area contributed by atoms with E-state index in [4.69, 9.17) is 4.74 Å². The van der Waals surface area contributed by atoms with Crippen LogP contribution in [0.25, 0.3) is 6.08 Å². The third-order valence-electron chi connectivity index (χ3n) is 3.41. The summed E-state index contributed by atoms with van der Waals surface area (Å²) in [5.41, 5.74) is 0.953. The highest BCUT2D eigenvalue weighted by molar-refractivity contribution is 5.92. The van der Waals surface area contributed by atoms with Crippen molar-refractivity contribution >= 4 is 12.0 Å². The highest BCUT2D eigenvalue weighted by Crippen LogP contribution is 2.18. The van der Waals surface area contributed by atoms with Crippen LogP contribution in [0, 0.1) is 0 Å². The number of amides is 1. The maximum atomic E-state index is 12.0. The number of rotatable bonds is 4. The van der Waals surface area contributed by atoms with Gasteiger partial charge in [-0.05, 0) is 36.6 Å². The van der Waals surface area contributed by atoms with Gasteiger partial charge in [-0.2, -0.15) is 0 Å². The normalized spacial score (nSPS) is 19.1. The summed E-state index contributed by atoms with van der Waals surface area (Å²) < 4.78 is 5.08. The number of aliphatic hydroxyl groups is 1. The summed E-state index contributed by atoms with van der Waals surface area (Å²) in [5, 5.41) is 9.20. The van der Waals surface area contributed by atoms with Crippen LogP contribution in [0.2, 0.25) is 0 Å². The number of methoxy groups -OCH3 is 1. The van der Waals surface area contributed by atoms with E-state index in [0.717, 1.165) is 30.7 Å². The van der Waals surface area contributed by atoms with Gasteiger partial charge in [0.2, 0.25) is 5.91 Å². The van der Waals surface area contributed by atoms with Crippen LogP contribution in [0.3, 0.4) is 0 Å². The van der Waals surface area contributed by atoms with Gasteiger partial charge in [0.1, 0.15) is 5.75 Å². The van der Waals surface area contributed by atoms with E-state index in [9.17, 15) is 9.90 Å². The average Bonchev–Trinajstić information content (AvgIpc) is 2.93. The predicted molar refractivity (Wildman–Crippen MR) is 73.8 cm³/mol. The second-order valence-corrected chi connectivity index (χ2v) is 4.62. The number of carbonyl (C=O) groups excluding carboxylic acids is 1. The molecule has 1 aliphatic rings. The SMILES string of the molecule is COc1ccc(/C=C/C(=O)N2CCCC2CO)cc1. The fraction of sp³-hybridized carbons (Fsp3) is 0.400. The fourth-order valence-corrected chi connectivity index (χ4v) is 2.29. The first-order valence-electron chi connectivity index (χ1n) is 6.48. The summed E-state index contributed by atoms with van der Waals surface area (Å²) in [4.78, 5) is 13.8. The van der Waals surface area contributed by atoms with Crippen LogP contribution in [0.5, 0.6) is 5.75 Å². The number of aliphatic hydroxyl groups excluding tert-OH is 1. The largest absolute Gasteiger partial charge is 0.497 e. The Kier molecular flexibility index (Phi) is 4.58. The van der Waals surface area contributed by atoms with Crippen molar-refractivity contribution in [2.45, 2.75) is 18.9 Å². The predicted octanol–water partition coefficient (Wildman–Crippen LogP) is 1.69. The molecule has 1 heterocycles. The Bertz CT molecular complexity index is 453. The molecule has 1 aliphatic heterocycles. The van der Waals surface area contributed by atoms with Gasteiger partial charge in [-0.15, -0.1) is 0 Å². The van der Waals surface area contributed by atoms with Crippen LogP contribution in [0.4, 0.5) is 0 Å². The number of benzene rings is 1. The molecule has 0 aliphatic carbocycles. The summed E-state index contributed by atoms with van der Waals surface area (Å²) in [6.07, 6.45) is 5.20. The summed E-state index contributed by atoms with van der Waals surface area (Å²) in [5.74, 6) is 0.760. The van der Waals surface area contributed by atoms with Gasteiger partial charge in [0, 0.05) is 12.6 Å². The Hall–Kier alpha value is -1.81. The fourth-order valence-electron chi connectivity index (χ4n) is 2.29. The van der Waals surface area contributed by atoms with E-state index in [1.807, 2.05) is 24.3 Å². The van der Waals surface area contributed by atoms with Crippen LogP contribution in [-0.2, 0) is 4.79 Å². The number of hydrogen-bond donors (Lipinski definition) is 1. The highest BCUT2D eigenvalue weighted by atomic mass is 16.5. The minimum absolute atomic E-state index is 0.0204. The van der Waals surface area contributed by atoms with Gasteiger partial charge < -0.3 is 14.7 Å². The van der Waals surface area contributed by atoms with Crippen molar-refractivity contribution in [1.82, 2.24) is 4.90 Å². The molecule has 1 N–H and O–H groups in total. The van der Waals surface area contributed by atoms with Crippen molar-refractivity contribution in [2.75, 3.05) is 20.3 Å². The van der Waals surface area contributed by atoms with E-state index in [-0.39, 0.29) is 18.6 Å². The first-order chi connectivity index (χ1) is 9.24. The lowest BCUT2D eigenvalue weighted by atomic mass is 10.2. The Balaban J connectivity index is 1.99. The lowest BCUT2D eigenvalue weighted by Crippen LogP contribution is -2.36. The van der Waals surface area contributed by atoms with Crippen LogP contribution in [0.1, 0.15) is 18.4 Å². The van der Waals surface area contributed by atoms with Crippen molar-refractivity contribution in [1.29, 1.82) is 0 Å². The van der Waals surface area contributed by atoms with Crippen LogP contribution in [0.15, 0.2) is 30.3 Å². The van der Waals surface area contributed by atoms with Crippen molar-refractivity contribution in [2.24, 2.45) is 0 Å². The van der Waals surface area contributed by atoms with Crippen LogP contribution < -0.4 is 4.74 Å². The third kappa shape index (κ3) is 3.35. The second-order valence-electron chi connectivity index (χ2n) is 4.62. The molecule has 0 bridgehead atoms. The summed E-state index contributed by atoms with van der Waals surface area (Å²) in [7, 11) is 1.62. The number of carbonyl (C=O) groups is 1. The molecule has 1 atom stereocenters. The van der Waals surface area contributed by atoms with Crippen LogP contribution in [-0.4, -0.2) is 42.2 Å². The number of ether oxygens (including phenoxy) is 1. The molecule has 0 saturated carbocycles. The van der Waals surface area contributed by atoms with Gasteiger partial charge in [-0.1, -0.05) is 12.1 Å². The Morgan fingerprint density at radius 3 is 2.84 bits per heavy atom. The Labute approximate surface area is 113 Å². The quantitative estimate of drug-likeness (QED) is 0.839. The molecule has 0 radical (unpaired) electrons. The lowest BCUT2D eigenvalue weighted by molar-refractivity contribution is -0.127. The van der Waals surface area contributed by atoms with Gasteiger partial charge in [-0.25, -0.2) is 0 Å². The zero-order valence-corrected chi connectivity index (χ0v) is 11.1. The van der Waals surface area contributed by atoms with Crippen LogP contribution >= 0.6 is 0 Å². The Morgan fingerprint density at radius 2 is 2.21 bits per heavy atom. The maximum Gasteiger partial charge on any atom is 0.246 e. The summed E-state index contributed by atoms with van der Waals surface area (Å²) >= 11 is 0. The molecule has 1 aromatic carbocycles. The van der Waals surface area contributed by atoms with E-state index in [2.05, 4.69) is 0 Å². The minimum atomic E-state index is -0.0348. The van der Waals surface area contributed by atoms with E-state index in [0.29, 0.717) is 0 Å². The maximum absolute atomic E-state index is 12.0. The lowest BCUT2D eigenvalue weighted by Gasteiger charge is -2.21. The molecular weight excluding hydrogens is 242 g/mol. The summed E-state index contributed by atoms with van der Waals surface area (Å²) in [6, 6.07) is 7.49. The smallest absolute Gasteiger partial charge is 0.246 e. The highest BCUT2D eigenvalue weighted by Gasteiger charge is 2.26. The molecule has 102 valence electrons. The summed E-state index contributed by atoms with van der Waals surface area (Å²) in [6.45, 7) is 0.777. The standard InChI is InChI=1S/C15H19NO3/c1-19-14-7-4-12(5-8-14)6-9-15(18)16-10-2-3-13(16)11-17/h4-9,13,17H,2-3,10-11H2,1H3/b9-6+. The van der Waals surface area contributed by atoms with Crippen molar-refractivity contribution in [3.8, 4) is 5.75 Å². The molecule has 2 rings (SSSR count). The molecule has 4 nitrogen and oxygen atoms in total. The molecule has 1 fully saturated rings. The number of hydrogen-bond acceptors (Lipinski definition) is 3. The molecule has 0 spiro atoms. The molecule has 1 unspecified atom stereocenters. The van der Waals surface area contributed by atoms with E-state index >= 15 is 0 Å². The van der Waals surface area contributed by atoms with Crippen molar-refractivity contribution < 1.29 is 14.6 Å². The Morgan fingerprint density at radius 1 is 1.47 bits per heavy atom. The molecule has 0 aromatic heterocycles. The third-order valence-corrected chi connectivity index (χ3v) is 3.41. The number of nitrogens with zero attached hydrogens (tertiary/aromatic N) is 1. The van der Waals surface area contributed by atoms with Gasteiger partial charge in [0.05, 0.1) is 19.8 Å². The molecule has 19 heavy (non-hydrogen) atoms. The minimum Gasteiger partial charge on any atom is -0.497 e. The topological polar surface area (TPSA) is 49.8 Å². The monoisotopic (exact) mass is 261 g/mol.